The number of aliphatic carboxylic acids is 1. The molecule has 6 heteroatoms. The predicted octanol–water partition coefficient (Wildman–Crippen LogP) is 4.02. The summed E-state index contributed by atoms with van der Waals surface area (Å²) in [4.78, 5) is 35.9. The standard InChI is InChI=1S/C20H28N2O4/c1-13-8-9-16(14(2)18(13)21-15(3)23)22-17(24)12-20(19(25)26)10-6-4-5-7-11-20/h8-9H,4-7,10-12H2,1-3H3,(H,21,23)(H,22,24)(H,25,26). The van der Waals surface area contributed by atoms with Gasteiger partial charge in [0.2, 0.25) is 11.8 Å². The summed E-state index contributed by atoms with van der Waals surface area (Å²) < 4.78 is 0. The van der Waals surface area contributed by atoms with Gasteiger partial charge in [0, 0.05) is 24.7 Å². The SMILES string of the molecule is CC(=O)Nc1c(C)ccc(NC(=O)CC2(C(=O)O)CCCCCC2)c1C. The smallest absolute Gasteiger partial charge is 0.310 e. The van der Waals surface area contributed by atoms with Crippen LogP contribution in [0.15, 0.2) is 12.1 Å². The molecule has 0 bridgehead atoms. The number of aryl methyl sites for hydroxylation is 1. The minimum absolute atomic E-state index is 0.0227. The van der Waals surface area contributed by atoms with Gasteiger partial charge in [-0.2, -0.15) is 0 Å². The van der Waals surface area contributed by atoms with Gasteiger partial charge in [0.05, 0.1) is 5.41 Å². The summed E-state index contributed by atoms with van der Waals surface area (Å²) in [5.41, 5.74) is 1.97. The molecule has 2 rings (SSSR count). The molecule has 0 aromatic heterocycles. The van der Waals surface area contributed by atoms with Gasteiger partial charge in [0.25, 0.3) is 0 Å². The van der Waals surface area contributed by atoms with E-state index in [4.69, 9.17) is 0 Å². The molecule has 0 aliphatic heterocycles. The summed E-state index contributed by atoms with van der Waals surface area (Å²) in [6.07, 6.45) is 4.79. The lowest BCUT2D eigenvalue weighted by Gasteiger charge is -2.27. The Bertz CT molecular complexity index is 704. The van der Waals surface area contributed by atoms with Crippen LogP contribution in [-0.4, -0.2) is 22.9 Å². The lowest BCUT2D eigenvalue weighted by molar-refractivity contribution is -0.152. The van der Waals surface area contributed by atoms with E-state index < -0.39 is 11.4 Å². The molecular weight excluding hydrogens is 332 g/mol. The number of nitrogens with one attached hydrogen (secondary N) is 2. The molecule has 0 heterocycles. The number of carbonyl (C=O) groups is 3. The summed E-state index contributed by atoms with van der Waals surface area (Å²) in [5.74, 6) is -1.35. The van der Waals surface area contributed by atoms with E-state index in [0.717, 1.165) is 36.8 Å². The monoisotopic (exact) mass is 360 g/mol. The Hall–Kier alpha value is -2.37. The van der Waals surface area contributed by atoms with Crippen molar-refractivity contribution in [3.05, 3.63) is 23.3 Å². The van der Waals surface area contributed by atoms with Crippen LogP contribution in [0.5, 0.6) is 0 Å². The molecule has 1 aliphatic rings. The Kier molecular flexibility index (Phi) is 6.40. The van der Waals surface area contributed by atoms with Crippen LogP contribution in [0.4, 0.5) is 11.4 Å². The number of carboxylic acid groups (broad SMARTS) is 1. The fourth-order valence-corrected chi connectivity index (χ4v) is 3.72. The van der Waals surface area contributed by atoms with Crippen LogP contribution < -0.4 is 10.6 Å². The minimum atomic E-state index is -0.973. The van der Waals surface area contributed by atoms with Crippen LogP contribution in [-0.2, 0) is 14.4 Å². The summed E-state index contributed by atoms with van der Waals surface area (Å²) in [7, 11) is 0. The molecule has 1 saturated carbocycles. The lowest BCUT2D eigenvalue weighted by atomic mass is 9.77. The molecule has 1 aromatic carbocycles. The van der Waals surface area contributed by atoms with Crippen molar-refractivity contribution >= 4 is 29.2 Å². The molecule has 26 heavy (non-hydrogen) atoms. The van der Waals surface area contributed by atoms with Crippen molar-refractivity contribution in [1.29, 1.82) is 0 Å². The highest BCUT2D eigenvalue weighted by Crippen LogP contribution is 2.39. The zero-order valence-electron chi connectivity index (χ0n) is 15.8. The van der Waals surface area contributed by atoms with Gasteiger partial charge in [-0.25, -0.2) is 0 Å². The highest BCUT2D eigenvalue weighted by molar-refractivity contribution is 5.97. The molecule has 1 aromatic rings. The van der Waals surface area contributed by atoms with Gasteiger partial charge in [0.1, 0.15) is 0 Å². The quantitative estimate of drug-likeness (QED) is 0.691. The van der Waals surface area contributed by atoms with Crippen molar-refractivity contribution < 1.29 is 19.5 Å². The Morgan fingerprint density at radius 2 is 1.65 bits per heavy atom. The largest absolute Gasteiger partial charge is 0.481 e. The molecule has 3 N–H and O–H groups in total. The van der Waals surface area contributed by atoms with E-state index >= 15 is 0 Å². The third-order valence-electron chi connectivity index (χ3n) is 5.26. The zero-order valence-corrected chi connectivity index (χ0v) is 15.8. The van der Waals surface area contributed by atoms with Crippen molar-refractivity contribution in [3.8, 4) is 0 Å². The normalized spacial score (nSPS) is 16.4. The molecule has 6 nitrogen and oxygen atoms in total. The summed E-state index contributed by atoms with van der Waals surface area (Å²) in [6, 6.07) is 3.61. The van der Waals surface area contributed by atoms with Crippen molar-refractivity contribution in [2.24, 2.45) is 5.41 Å². The molecule has 2 amide bonds. The van der Waals surface area contributed by atoms with Crippen LogP contribution in [0.1, 0.15) is 63.0 Å². The van der Waals surface area contributed by atoms with Gasteiger partial charge in [-0.3, -0.25) is 14.4 Å². The van der Waals surface area contributed by atoms with Gasteiger partial charge >= 0.3 is 5.97 Å². The van der Waals surface area contributed by atoms with Gasteiger partial charge in [-0.15, -0.1) is 0 Å². The zero-order chi connectivity index (χ0) is 19.3. The van der Waals surface area contributed by atoms with Crippen LogP contribution in [0, 0.1) is 19.3 Å². The lowest BCUT2D eigenvalue weighted by Crippen LogP contribution is -2.35. The van der Waals surface area contributed by atoms with Crippen LogP contribution in [0.3, 0.4) is 0 Å². The van der Waals surface area contributed by atoms with Gasteiger partial charge in [-0.1, -0.05) is 31.7 Å². The molecule has 0 radical (unpaired) electrons. The van der Waals surface area contributed by atoms with Crippen molar-refractivity contribution in [3.63, 3.8) is 0 Å². The number of carbonyl (C=O) groups excluding carboxylic acids is 2. The maximum absolute atomic E-state index is 12.6. The second-order valence-corrected chi connectivity index (χ2v) is 7.34. The number of carboxylic acids is 1. The Labute approximate surface area is 154 Å². The third-order valence-corrected chi connectivity index (χ3v) is 5.26. The number of hydrogen-bond donors (Lipinski definition) is 3. The minimum Gasteiger partial charge on any atom is -0.481 e. The van der Waals surface area contributed by atoms with Crippen LogP contribution in [0.2, 0.25) is 0 Å². The highest BCUT2D eigenvalue weighted by Gasteiger charge is 2.40. The molecule has 1 aliphatic carbocycles. The summed E-state index contributed by atoms with van der Waals surface area (Å²) >= 11 is 0. The Balaban J connectivity index is 2.18. The number of rotatable bonds is 5. The second kappa shape index (κ2) is 8.34. The first-order valence-electron chi connectivity index (χ1n) is 9.16. The van der Waals surface area contributed by atoms with E-state index in [1.165, 1.54) is 6.92 Å². The van der Waals surface area contributed by atoms with Crippen molar-refractivity contribution in [1.82, 2.24) is 0 Å². The van der Waals surface area contributed by atoms with E-state index in [1.54, 1.807) is 6.07 Å². The number of anilines is 2. The maximum atomic E-state index is 12.6. The average molecular weight is 360 g/mol. The number of hydrogen-bond acceptors (Lipinski definition) is 3. The van der Waals surface area contributed by atoms with Crippen molar-refractivity contribution in [2.45, 2.75) is 65.7 Å². The molecular formula is C20H28N2O4. The predicted molar refractivity (Wildman–Crippen MR) is 101 cm³/mol. The van der Waals surface area contributed by atoms with Crippen LogP contribution >= 0.6 is 0 Å². The molecule has 142 valence electrons. The molecule has 0 spiro atoms. The maximum Gasteiger partial charge on any atom is 0.310 e. The first kappa shape index (κ1) is 19.9. The topological polar surface area (TPSA) is 95.5 Å². The van der Waals surface area contributed by atoms with E-state index in [-0.39, 0.29) is 18.2 Å². The Morgan fingerprint density at radius 1 is 1.04 bits per heavy atom. The van der Waals surface area contributed by atoms with Gasteiger partial charge < -0.3 is 15.7 Å². The summed E-state index contributed by atoms with van der Waals surface area (Å²) in [5, 5.41) is 15.4. The first-order chi connectivity index (χ1) is 12.2. The summed E-state index contributed by atoms with van der Waals surface area (Å²) in [6.45, 7) is 5.15. The van der Waals surface area contributed by atoms with Gasteiger partial charge in [0.15, 0.2) is 0 Å². The molecule has 0 saturated heterocycles. The molecule has 0 atom stereocenters. The molecule has 1 fully saturated rings. The first-order valence-corrected chi connectivity index (χ1v) is 9.16. The Morgan fingerprint density at radius 3 is 2.19 bits per heavy atom. The van der Waals surface area contributed by atoms with E-state index in [9.17, 15) is 19.5 Å². The third kappa shape index (κ3) is 4.62. The van der Waals surface area contributed by atoms with Crippen molar-refractivity contribution in [2.75, 3.05) is 10.6 Å². The second-order valence-electron chi connectivity index (χ2n) is 7.34. The number of benzene rings is 1. The van der Waals surface area contributed by atoms with E-state index in [1.807, 2.05) is 19.9 Å². The fraction of sp³-hybridized carbons (Fsp3) is 0.550. The van der Waals surface area contributed by atoms with Crippen LogP contribution in [0.25, 0.3) is 0 Å². The number of amides is 2. The average Bonchev–Trinajstić information content (AvgIpc) is 2.80. The highest BCUT2D eigenvalue weighted by atomic mass is 16.4. The van der Waals surface area contributed by atoms with Gasteiger partial charge in [-0.05, 0) is 43.9 Å². The fourth-order valence-electron chi connectivity index (χ4n) is 3.72. The van der Waals surface area contributed by atoms with E-state index in [2.05, 4.69) is 10.6 Å². The molecule has 0 unspecified atom stereocenters. The van der Waals surface area contributed by atoms with E-state index in [0.29, 0.717) is 24.2 Å².